The van der Waals surface area contributed by atoms with Crippen molar-refractivity contribution < 1.29 is 9.18 Å². The second-order valence-corrected chi connectivity index (χ2v) is 7.34. The van der Waals surface area contributed by atoms with Gasteiger partial charge in [-0.2, -0.15) is 5.10 Å². The first-order valence-corrected chi connectivity index (χ1v) is 9.47. The van der Waals surface area contributed by atoms with Gasteiger partial charge in [0.1, 0.15) is 11.5 Å². The second-order valence-electron chi connectivity index (χ2n) is 7.34. The Morgan fingerprint density at radius 3 is 2.70 bits per heavy atom. The molecule has 0 spiro atoms. The van der Waals surface area contributed by atoms with Crippen LogP contribution in [0.25, 0.3) is 0 Å². The molecule has 1 N–H and O–H groups in total. The van der Waals surface area contributed by atoms with Gasteiger partial charge >= 0.3 is 0 Å². The van der Waals surface area contributed by atoms with E-state index < -0.39 is 0 Å². The highest BCUT2D eigenvalue weighted by molar-refractivity contribution is 5.92. The first-order chi connectivity index (χ1) is 13.0. The lowest BCUT2D eigenvalue weighted by Crippen LogP contribution is -2.37. The smallest absolute Gasteiger partial charge is 0.274 e. The third kappa shape index (κ3) is 5.37. The lowest BCUT2D eigenvalue weighted by Gasteiger charge is -2.24. The molecule has 0 saturated carbocycles. The van der Waals surface area contributed by atoms with Crippen molar-refractivity contribution in [2.45, 2.75) is 25.4 Å². The number of nitrogens with zero attached hydrogens (tertiary/aromatic N) is 4. The van der Waals surface area contributed by atoms with Crippen molar-refractivity contribution >= 4 is 5.91 Å². The normalized spacial score (nSPS) is 17.3. The minimum absolute atomic E-state index is 0.0938. The number of amides is 1. The summed E-state index contributed by atoms with van der Waals surface area (Å²) in [6.45, 7) is 3.70. The predicted molar refractivity (Wildman–Crippen MR) is 103 cm³/mol. The molecule has 1 aliphatic heterocycles. The zero-order valence-electron chi connectivity index (χ0n) is 16.1. The maximum absolute atomic E-state index is 13.2. The maximum atomic E-state index is 13.2. The van der Waals surface area contributed by atoms with Gasteiger partial charge in [-0.25, -0.2) is 4.39 Å². The monoisotopic (exact) mass is 373 g/mol. The summed E-state index contributed by atoms with van der Waals surface area (Å²) in [6.07, 6.45) is 4.09. The number of hydrogen-bond donors (Lipinski definition) is 1. The standard InChI is InChI=1S/C20H28FN5O/c1-24(2)12-13-25(15-16-5-7-17(21)8-6-16)20(27)19-9-11-26(23-19)18-4-3-10-22-14-18/h5-9,11,18,22H,3-4,10,12-15H2,1-2H3. The zero-order chi connectivity index (χ0) is 19.2. The topological polar surface area (TPSA) is 53.4 Å². The summed E-state index contributed by atoms with van der Waals surface area (Å²) < 4.78 is 15.1. The lowest BCUT2D eigenvalue weighted by molar-refractivity contribution is 0.0724. The third-order valence-corrected chi connectivity index (χ3v) is 4.86. The van der Waals surface area contributed by atoms with E-state index >= 15 is 0 Å². The maximum Gasteiger partial charge on any atom is 0.274 e. The molecule has 1 unspecified atom stereocenters. The van der Waals surface area contributed by atoms with Crippen molar-refractivity contribution in [3.63, 3.8) is 0 Å². The van der Waals surface area contributed by atoms with E-state index in [1.165, 1.54) is 12.1 Å². The van der Waals surface area contributed by atoms with Gasteiger partial charge in [-0.05, 0) is 57.2 Å². The molecule has 1 aromatic carbocycles. The molecular formula is C20H28FN5O. The van der Waals surface area contributed by atoms with Crippen LogP contribution in [0.2, 0.25) is 0 Å². The Bertz CT molecular complexity index is 737. The Balaban J connectivity index is 1.73. The Kier molecular flexibility index (Phi) is 6.58. The Morgan fingerprint density at radius 1 is 1.26 bits per heavy atom. The Hall–Kier alpha value is -2.25. The molecule has 1 aromatic heterocycles. The summed E-state index contributed by atoms with van der Waals surface area (Å²) >= 11 is 0. The van der Waals surface area contributed by atoms with E-state index in [0.29, 0.717) is 24.8 Å². The Labute approximate surface area is 160 Å². The number of nitrogens with one attached hydrogen (secondary N) is 1. The van der Waals surface area contributed by atoms with Gasteiger partial charge in [0.2, 0.25) is 0 Å². The molecule has 1 fully saturated rings. The fourth-order valence-electron chi connectivity index (χ4n) is 3.26. The van der Waals surface area contributed by atoms with Gasteiger partial charge in [-0.15, -0.1) is 0 Å². The molecule has 1 amide bonds. The number of aromatic nitrogens is 2. The van der Waals surface area contributed by atoms with Crippen LogP contribution in [0, 0.1) is 5.82 Å². The number of carbonyl (C=O) groups excluding carboxylic acids is 1. The summed E-state index contributed by atoms with van der Waals surface area (Å²) in [6, 6.07) is 8.38. The quantitative estimate of drug-likeness (QED) is 0.808. The van der Waals surface area contributed by atoms with Gasteiger partial charge in [0.25, 0.3) is 5.91 Å². The molecule has 2 aromatic rings. The first kappa shape index (κ1) is 19.5. The van der Waals surface area contributed by atoms with E-state index in [0.717, 1.165) is 38.0 Å². The highest BCUT2D eigenvalue weighted by Crippen LogP contribution is 2.17. The van der Waals surface area contributed by atoms with Crippen LogP contribution in [0.5, 0.6) is 0 Å². The second kappa shape index (κ2) is 9.10. The number of rotatable bonds is 7. The number of halogens is 1. The summed E-state index contributed by atoms with van der Waals surface area (Å²) in [4.78, 5) is 16.9. The van der Waals surface area contributed by atoms with E-state index in [2.05, 4.69) is 10.4 Å². The molecule has 0 radical (unpaired) electrons. The SMILES string of the molecule is CN(C)CCN(Cc1ccc(F)cc1)C(=O)c1ccn(C2CCCNC2)n1. The summed E-state index contributed by atoms with van der Waals surface area (Å²) in [7, 11) is 3.96. The van der Waals surface area contributed by atoms with Crippen molar-refractivity contribution in [1.82, 2.24) is 24.9 Å². The van der Waals surface area contributed by atoms with Gasteiger partial charge in [0.15, 0.2) is 0 Å². The lowest BCUT2D eigenvalue weighted by atomic mass is 10.1. The molecule has 1 atom stereocenters. The van der Waals surface area contributed by atoms with Crippen molar-refractivity contribution in [3.05, 3.63) is 53.6 Å². The van der Waals surface area contributed by atoms with Gasteiger partial charge in [0.05, 0.1) is 6.04 Å². The van der Waals surface area contributed by atoms with Crippen LogP contribution in [0.3, 0.4) is 0 Å². The number of carbonyl (C=O) groups is 1. The van der Waals surface area contributed by atoms with Crippen LogP contribution in [0.4, 0.5) is 4.39 Å². The largest absolute Gasteiger partial charge is 0.332 e. The van der Waals surface area contributed by atoms with Gasteiger partial charge in [-0.3, -0.25) is 9.48 Å². The summed E-state index contributed by atoms with van der Waals surface area (Å²) in [5.41, 5.74) is 1.36. The first-order valence-electron chi connectivity index (χ1n) is 9.47. The van der Waals surface area contributed by atoms with Crippen LogP contribution in [0.15, 0.2) is 36.5 Å². The predicted octanol–water partition coefficient (Wildman–Crippen LogP) is 2.15. The molecule has 1 aliphatic rings. The molecule has 146 valence electrons. The van der Waals surface area contributed by atoms with Crippen molar-refractivity contribution in [3.8, 4) is 0 Å². The zero-order valence-corrected chi connectivity index (χ0v) is 16.1. The molecule has 3 rings (SSSR count). The van der Waals surface area contributed by atoms with E-state index in [1.807, 2.05) is 29.9 Å². The van der Waals surface area contributed by atoms with E-state index in [9.17, 15) is 9.18 Å². The average Bonchev–Trinajstić information content (AvgIpc) is 3.17. The van der Waals surface area contributed by atoms with Crippen molar-refractivity contribution in [2.24, 2.45) is 0 Å². The highest BCUT2D eigenvalue weighted by Gasteiger charge is 2.21. The minimum Gasteiger partial charge on any atom is -0.332 e. The number of hydrogen-bond acceptors (Lipinski definition) is 4. The van der Waals surface area contributed by atoms with Crippen molar-refractivity contribution in [1.29, 1.82) is 0 Å². The molecule has 7 heteroatoms. The van der Waals surface area contributed by atoms with Gasteiger partial charge < -0.3 is 15.1 Å². The summed E-state index contributed by atoms with van der Waals surface area (Å²) in [5, 5.41) is 7.92. The van der Waals surface area contributed by atoms with Gasteiger partial charge in [0, 0.05) is 32.4 Å². The highest BCUT2D eigenvalue weighted by atomic mass is 19.1. The molecule has 1 saturated heterocycles. The van der Waals surface area contributed by atoms with E-state index in [1.54, 1.807) is 23.1 Å². The number of benzene rings is 1. The van der Waals surface area contributed by atoms with Crippen molar-refractivity contribution in [2.75, 3.05) is 40.3 Å². The van der Waals surface area contributed by atoms with Gasteiger partial charge in [-0.1, -0.05) is 12.1 Å². The molecule has 0 bridgehead atoms. The van der Waals surface area contributed by atoms with Crippen LogP contribution < -0.4 is 5.32 Å². The molecule has 0 aliphatic carbocycles. The average molecular weight is 373 g/mol. The van der Waals surface area contributed by atoms with E-state index in [4.69, 9.17) is 0 Å². The number of piperidine rings is 1. The van der Waals surface area contributed by atoms with Crippen LogP contribution in [-0.2, 0) is 6.54 Å². The Morgan fingerprint density at radius 2 is 2.04 bits per heavy atom. The fraction of sp³-hybridized carbons (Fsp3) is 0.500. The molecule has 2 heterocycles. The minimum atomic E-state index is -0.273. The fourth-order valence-corrected chi connectivity index (χ4v) is 3.26. The van der Waals surface area contributed by atoms with Crippen LogP contribution >= 0.6 is 0 Å². The number of likely N-dealkylation sites (N-methyl/N-ethyl adjacent to an activating group) is 1. The molecular weight excluding hydrogens is 345 g/mol. The van der Waals surface area contributed by atoms with Crippen LogP contribution in [0.1, 0.15) is 34.9 Å². The summed E-state index contributed by atoms with van der Waals surface area (Å²) in [5.74, 6) is -0.367. The molecule has 6 nitrogen and oxygen atoms in total. The van der Waals surface area contributed by atoms with E-state index in [-0.39, 0.29) is 11.7 Å². The van der Waals surface area contributed by atoms with Crippen LogP contribution in [-0.4, -0.2) is 65.8 Å². The third-order valence-electron chi connectivity index (χ3n) is 4.86. The molecule has 27 heavy (non-hydrogen) atoms.